The summed E-state index contributed by atoms with van der Waals surface area (Å²) in [5.41, 5.74) is -1.07. The van der Waals surface area contributed by atoms with Crippen molar-refractivity contribution in [3.63, 3.8) is 0 Å². The van der Waals surface area contributed by atoms with E-state index in [2.05, 4.69) is 20.3 Å². The van der Waals surface area contributed by atoms with Gasteiger partial charge >= 0.3 is 23.9 Å². The lowest BCUT2D eigenvalue weighted by Gasteiger charge is -2.23. The van der Waals surface area contributed by atoms with Crippen LogP contribution in [0.15, 0.2) is 9.05 Å². The molecule has 0 unspecified atom stereocenters. The van der Waals surface area contributed by atoms with Crippen LogP contribution in [0, 0.1) is 11.8 Å². The zero-order chi connectivity index (χ0) is 45.7. The summed E-state index contributed by atoms with van der Waals surface area (Å²) in [4.78, 5) is 59.8. The summed E-state index contributed by atoms with van der Waals surface area (Å²) in [6, 6.07) is 0. The maximum absolute atomic E-state index is 12.5. The molecule has 2 aliphatic rings. The van der Waals surface area contributed by atoms with E-state index in [0.717, 1.165) is 43.9 Å². The lowest BCUT2D eigenvalue weighted by molar-refractivity contribution is -0.156. The van der Waals surface area contributed by atoms with Crippen molar-refractivity contribution < 1.29 is 47.5 Å². The van der Waals surface area contributed by atoms with E-state index in [1.54, 1.807) is 30.8 Å². The Morgan fingerprint density at radius 1 is 0.661 bits per heavy atom. The number of aliphatic carboxylic acids is 1. The van der Waals surface area contributed by atoms with Crippen molar-refractivity contribution >= 4 is 23.9 Å². The van der Waals surface area contributed by atoms with Gasteiger partial charge in [0.15, 0.2) is 11.6 Å². The van der Waals surface area contributed by atoms with E-state index in [0.29, 0.717) is 36.6 Å². The minimum atomic E-state index is -0.910. The van der Waals surface area contributed by atoms with E-state index in [9.17, 15) is 19.2 Å². The van der Waals surface area contributed by atoms with Gasteiger partial charge in [-0.3, -0.25) is 29.0 Å². The number of likely N-dealkylation sites (N-methyl/N-ethyl adjacent to an activating group) is 2. The number of carbonyl (C=O) groups excluding carboxylic acids is 3. The summed E-state index contributed by atoms with van der Waals surface area (Å²) < 4.78 is 27.0. The van der Waals surface area contributed by atoms with Gasteiger partial charge in [0.25, 0.3) is 0 Å². The highest BCUT2D eigenvalue weighted by molar-refractivity contribution is 5.72. The fraction of sp³-hybridized carbons (Fsp3) is 0.826. The van der Waals surface area contributed by atoms with E-state index in [1.807, 2.05) is 41.5 Å². The fourth-order valence-corrected chi connectivity index (χ4v) is 8.30. The lowest BCUT2D eigenvalue weighted by atomic mass is 9.84. The van der Waals surface area contributed by atoms with Crippen LogP contribution in [0.2, 0.25) is 0 Å². The molecule has 16 nitrogen and oxygen atoms in total. The Kier molecular flexibility index (Phi) is 22.5. The van der Waals surface area contributed by atoms with Gasteiger partial charge < -0.3 is 28.4 Å². The molecule has 0 radical (unpaired) electrons. The van der Waals surface area contributed by atoms with Crippen molar-refractivity contribution in [2.45, 2.75) is 200 Å². The Morgan fingerprint density at radius 3 is 1.44 bits per heavy atom. The first-order chi connectivity index (χ1) is 29.3. The number of carboxylic acids is 1. The van der Waals surface area contributed by atoms with Crippen molar-refractivity contribution in [2.75, 3.05) is 33.8 Å². The Balaban J connectivity index is 0.000000331. The van der Waals surface area contributed by atoms with E-state index in [1.165, 1.54) is 70.6 Å². The van der Waals surface area contributed by atoms with Gasteiger partial charge in [-0.1, -0.05) is 100 Å². The third kappa shape index (κ3) is 22.4. The summed E-state index contributed by atoms with van der Waals surface area (Å²) in [6.07, 6.45) is 19.6. The molecule has 2 aromatic rings. The van der Waals surface area contributed by atoms with Gasteiger partial charge in [0.2, 0.25) is 11.8 Å². The second kappa shape index (κ2) is 26.6. The third-order valence-electron chi connectivity index (χ3n) is 11.0. The lowest BCUT2D eigenvalue weighted by Crippen LogP contribution is -2.27. The summed E-state index contributed by atoms with van der Waals surface area (Å²) >= 11 is 0. The molecule has 2 aliphatic carbocycles. The number of ether oxygens (including phenoxy) is 3. The van der Waals surface area contributed by atoms with Crippen molar-refractivity contribution in [3.8, 4) is 0 Å². The number of rotatable bonds is 23. The van der Waals surface area contributed by atoms with Crippen LogP contribution in [-0.2, 0) is 46.5 Å². The van der Waals surface area contributed by atoms with Crippen molar-refractivity contribution in [3.05, 3.63) is 23.4 Å². The molecule has 1 N–H and O–H groups in total. The monoisotopic (exact) mass is 875 g/mol. The Morgan fingerprint density at radius 2 is 1.06 bits per heavy atom. The summed E-state index contributed by atoms with van der Waals surface area (Å²) in [6.45, 7) is 14.0. The molecule has 16 heteroatoms. The molecule has 0 bridgehead atoms. The van der Waals surface area contributed by atoms with Gasteiger partial charge in [0.05, 0.1) is 45.6 Å². The number of carboxylic acid groups (broad SMARTS) is 1. The number of carbonyl (C=O) groups is 4. The van der Waals surface area contributed by atoms with Crippen molar-refractivity contribution in [1.29, 1.82) is 0 Å². The molecule has 0 aromatic carbocycles. The van der Waals surface area contributed by atoms with E-state index >= 15 is 0 Å². The van der Waals surface area contributed by atoms with Gasteiger partial charge in [0.1, 0.15) is 11.2 Å². The van der Waals surface area contributed by atoms with E-state index in [4.69, 9.17) is 28.4 Å². The molecule has 62 heavy (non-hydrogen) atoms. The number of nitrogens with zero attached hydrogens (tertiary/aromatic N) is 6. The first-order valence-electron chi connectivity index (χ1n) is 23.1. The molecule has 4 rings (SSSR count). The first kappa shape index (κ1) is 52.4. The second-order valence-electron chi connectivity index (χ2n) is 19.5. The van der Waals surface area contributed by atoms with Crippen LogP contribution in [0.5, 0.6) is 0 Å². The minimum absolute atomic E-state index is 0.105. The highest BCUT2D eigenvalue weighted by Crippen LogP contribution is 2.33. The first-order valence-corrected chi connectivity index (χ1v) is 23.1. The molecule has 2 aromatic heterocycles. The largest absolute Gasteiger partial charge is 0.480 e. The Bertz CT molecular complexity index is 1620. The zero-order valence-electron chi connectivity index (χ0n) is 39.4. The van der Waals surface area contributed by atoms with Gasteiger partial charge in [0, 0.05) is 11.8 Å². The zero-order valence-corrected chi connectivity index (χ0v) is 39.4. The maximum Gasteiger partial charge on any atom is 0.320 e. The summed E-state index contributed by atoms with van der Waals surface area (Å²) in [5.74, 6) is 1.33. The van der Waals surface area contributed by atoms with E-state index in [-0.39, 0.29) is 62.2 Å². The average molecular weight is 875 g/mol. The van der Waals surface area contributed by atoms with E-state index < -0.39 is 17.2 Å². The van der Waals surface area contributed by atoms with Crippen LogP contribution < -0.4 is 0 Å². The summed E-state index contributed by atoms with van der Waals surface area (Å²) in [5, 5.41) is 17.0. The van der Waals surface area contributed by atoms with Crippen molar-refractivity contribution in [1.82, 2.24) is 30.1 Å². The molecular weight excluding hydrogens is 797 g/mol. The van der Waals surface area contributed by atoms with Crippen LogP contribution >= 0.6 is 0 Å². The topological polar surface area (TPSA) is 201 Å². The number of esters is 3. The van der Waals surface area contributed by atoms with Crippen LogP contribution in [0.25, 0.3) is 0 Å². The van der Waals surface area contributed by atoms with Crippen LogP contribution in [0.3, 0.4) is 0 Å². The smallest absolute Gasteiger partial charge is 0.320 e. The Labute approximate surface area is 369 Å². The summed E-state index contributed by atoms with van der Waals surface area (Å²) in [7, 11) is 3.49. The minimum Gasteiger partial charge on any atom is -0.480 e. The molecule has 0 amide bonds. The molecular formula is C46H78N6O10. The molecule has 0 aliphatic heterocycles. The molecule has 2 heterocycles. The van der Waals surface area contributed by atoms with Crippen LogP contribution in [0.4, 0.5) is 0 Å². The predicted molar refractivity (Wildman–Crippen MR) is 233 cm³/mol. The molecule has 0 saturated heterocycles. The highest BCUT2D eigenvalue weighted by atomic mass is 16.6. The standard InChI is InChI=1S/C24H41N3O5.C22H37N3O5/c1-6-30-22(29)17-27(5)16-20-25-23(32-26-20)19(15-21(28)31-24(2,3)4)14-10-13-18-11-8-7-9-12-18;1-22(2,3)29-20(28)13-17(12-8-11-16-9-6-5-7-10-16)21-23-18(24-30-21)14-25(4)15-19(26)27/h18-19H,6-17H2,1-5H3;16-17H,5-15H2,1-4H3,(H,26,27)/t19-;17-/m11/s1. The molecule has 2 saturated carbocycles. The third-order valence-corrected chi connectivity index (χ3v) is 11.0. The number of hydrogen-bond acceptors (Lipinski definition) is 15. The van der Waals surface area contributed by atoms with Crippen molar-refractivity contribution in [2.24, 2.45) is 11.8 Å². The van der Waals surface area contributed by atoms with Gasteiger partial charge in [-0.05, 0) is 87.2 Å². The number of hydrogen-bond donors (Lipinski definition) is 1. The van der Waals surface area contributed by atoms with Gasteiger partial charge in [-0.15, -0.1) is 0 Å². The van der Waals surface area contributed by atoms with Gasteiger partial charge in [-0.2, -0.15) is 9.97 Å². The van der Waals surface area contributed by atoms with Gasteiger partial charge in [-0.25, -0.2) is 0 Å². The molecule has 2 fully saturated rings. The quantitative estimate of drug-likeness (QED) is 0.0819. The predicted octanol–water partition coefficient (Wildman–Crippen LogP) is 8.78. The van der Waals surface area contributed by atoms with Crippen LogP contribution in [0.1, 0.15) is 199 Å². The second-order valence-corrected chi connectivity index (χ2v) is 19.5. The maximum atomic E-state index is 12.5. The highest BCUT2D eigenvalue weighted by Gasteiger charge is 2.28. The normalized spacial score (nSPS) is 16.4. The molecule has 2 atom stereocenters. The SMILES string of the molecule is CCOC(=O)CN(C)Cc1noc([C@H](CCCC2CCCCC2)CC(=O)OC(C)(C)C)n1.CN(CC(=O)O)Cc1noc([C@H](CCCC2CCCCC2)CC(=O)OC(C)(C)C)n1. The molecule has 0 spiro atoms. The van der Waals surface area contributed by atoms with Crippen LogP contribution in [-0.4, -0.2) is 104 Å². The number of aromatic nitrogens is 4. The average Bonchev–Trinajstić information content (AvgIpc) is 3.83. The Hall–Kier alpha value is -3.92. The fourth-order valence-electron chi connectivity index (χ4n) is 8.30. The molecule has 352 valence electrons.